The second-order valence-corrected chi connectivity index (χ2v) is 6.62. The van der Waals surface area contributed by atoms with E-state index in [-0.39, 0.29) is 18.4 Å². The molecule has 0 saturated heterocycles. The molecule has 144 valence electrons. The smallest absolute Gasteiger partial charge is 0.251 e. The number of hydrogen-bond acceptors (Lipinski definition) is 3. The second-order valence-electron chi connectivity index (χ2n) is 6.62. The van der Waals surface area contributed by atoms with E-state index >= 15 is 0 Å². The van der Waals surface area contributed by atoms with E-state index < -0.39 is 0 Å². The zero-order valence-corrected chi connectivity index (χ0v) is 16.0. The van der Waals surface area contributed by atoms with Crippen LogP contribution in [0.4, 0.5) is 11.4 Å². The van der Waals surface area contributed by atoms with Gasteiger partial charge in [0.15, 0.2) is 0 Å². The number of anilines is 2. The summed E-state index contributed by atoms with van der Waals surface area (Å²) in [5.74, 6) is -0.244. The Morgan fingerprint density at radius 3 is 2.57 bits per heavy atom. The molecular weight excluding hydrogens is 350 g/mol. The number of carbonyl (C=O) groups excluding carboxylic acids is 2. The van der Waals surface area contributed by atoms with E-state index in [9.17, 15) is 9.59 Å². The fraction of sp³-hybridized carbons (Fsp3) is 0.217. The van der Waals surface area contributed by atoms with Gasteiger partial charge in [-0.05, 0) is 36.1 Å². The maximum absolute atomic E-state index is 12.4. The summed E-state index contributed by atoms with van der Waals surface area (Å²) in [5, 5.41) is 11.0. The zero-order valence-electron chi connectivity index (χ0n) is 16.0. The number of carbonyl (C=O) groups is 2. The summed E-state index contributed by atoms with van der Waals surface area (Å²) in [6.07, 6.45) is 1.99. The maximum Gasteiger partial charge on any atom is 0.251 e. The van der Waals surface area contributed by atoms with Crippen molar-refractivity contribution in [3.63, 3.8) is 0 Å². The average Bonchev–Trinajstić information content (AvgIpc) is 2.73. The summed E-state index contributed by atoms with van der Waals surface area (Å²) in [6.45, 7) is 2.87. The van der Waals surface area contributed by atoms with Crippen molar-refractivity contribution in [2.24, 2.45) is 0 Å². The highest BCUT2D eigenvalue weighted by molar-refractivity contribution is 6.03. The lowest BCUT2D eigenvalue weighted by atomic mass is 10.1. The van der Waals surface area contributed by atoms with Gasteiger partial charge in [-0.1, -0.05) is 55.8 Å². The Hall–Kier alpha value is -3.34. The third-order valence-electron chi connectivity index (χ3n) is 4.46. The minimum Gasteiger partial charge on any atom is -0.376 e. The molecule has 0 aromatic heterocycles. The molecular formula is C23H25N3O2. The molecule has 2 amide bonds. The molecule has 3 N–H and O–H groups in total. The molecule has 0 bridgehead atoms. The van der Waals surface area contributed by atoms with Crippen molar-refractivity contribution in [3.05, 3.63) is 72.3 Å². The Morgan fingerprint density at radius 2 is 1.71 bits per heavy atom. The first-order valence-corrected chi connectivity index (χ1v) is 9.57. The normalized spacial score (nSPS) is 10.5. The van der Waals surface area contributed by atoms with E-state index in [2.05, 4.69) is 22.9 Å². The molecule has 28 heavy (non-hydrogen) atoms. The highest BCUT2D eigenvalue weighted by Crippen LogP contribution is 2.22. The number of amides is 2. The van der Waals surface area contributed by atoms with Crippen LogP contribution in [0.1, 0.15) is 30.1 Å². The highest BCUT2D eigenvalue weighted by Gasteiger charge is 2.08. The average molecular weight is 375 g/mol. The van der Waals surface area contributed by atoms with Gasteiger partial charge in [0.2, 0.25) is 5.91 Å². The van der Waals surface area contributed by atoms with Gasteiger partial charge in [0.05, 0.1) is 6.54 Å². The largest absolute Gasteiger partial charge is 0.376 e. The number of hydrogen-bond donors (Lipinski definition) is 3. The van der Waals surface area contributed by atoms with Crippen molar-refractivity contribution in [2.45, 2.75) is 19.8 Å². The van der Waals surface area contributed by atoms with Crippen molar-refractivity contribution in [1.82, 2.24) is 5.32 Å². The minimum absolute atomic E-state index is 0.0997. The summed E-state index contributed by atoms with van der Waals surface area (Å²) in [7, 11) is 0. The molecule has 0 saturated carbocycles. The SMILES string of the molecule is CCCCNC(=O)c1cccc(NCC(=O)Nc2cccc3ccccc23)c1. The lowest BCUT2D eigenvalue weighted by Gasteiger charge is -2.11. The van der Waals surface area contributed by atoms with Crippen LogP contribution >= 0.6 is 0 Å². The van der Waals surface area contributed by atoms with E-state index in [0.717, 1.165) is 35.0 Å². The molecule has 3 rings (SSSR count). The van der Waals surface area contributed by atoms with Crippen molar-refractivity contribution in [2.75, 3.05) is 23.7 Å². The number of benzene rings is 3. The van der Waals surface area contributed by atoms with E-state index in [1.807, 2.05) is 48.5 Å². The van der Waals surface area contributed by atoms with E-state index in [0.29, 0.717) is 12.1 Å². The molecule has 5 heteroatoms. The predicted molar refractivity (Wildman–Crippen MR) is 115 cm³/mol. The quantitative estimate of drug-likeness (QED) is 0.511. The first-order chi connectivity index (χ1) is 13.7. The van der Waals surface area contributed by atoms with Crippen LogP contribution in [0.15, 0.2) is 66.7 Å². The van der Waals surface area contributed by atoms with E-state index in [4.69, 9.17) is 0 Å². The minimum atomic E-state index is -0.144. The number of rotatable bonds is 8. The van der Waals surface area contributed by atoms with Gasteiger partial charge in [0, 0.05) is 28.9 Å². The third-order valence-corrected chi connectivity index (χ3v) is 4.46. The fourth-order valence-corrected chi connectivity index (χ4v) is 2.96. The van der Waals surface area contributed by atoms with Crippen LogP contribution in [-0.4, -0.2) is 24.9 Å². The van der Waals surface area contributed by atoms with Crippen LogP contribution < -0.4 is 16.0 Å². The van der Waals surface area contributed by atoms with E-state index in [1.54, 1.807) is 18.2 Å². The van der Waals surface area contributed by atoms with Gasteiger partial charge >= 0.3 is 0 Å². The number of nitrogens with one attached hydrogen (secondary N) is 3. The Balaban J connectivity index is 1.58. The number of unbranched alkanes of at least 4 members (excludes halogenated alkanes) is 1. The van der Waals surface area contributed by atoms with Gasteiger partial charge in [-0.25, -0.2) is 0 Å². The van der Waals surface area contributed by atoms with Crippen molar-refractivity contribution in [1.29, 1.82) is 0 Å². The summed E-state index contributed by atoms with van der Waals surface area (Å²) < 4.78 is 0. The van der Waals surface area contributed by atoms with Crippen molar-refractivity contribution in [3.8, 4) is 0 Å². The zero-order chi connectivity index (χ0) is 19.8. The van der Waals surface area contributed by atoms with Crippen LogP contribution in [0.25, 0.3) is 10.8 Å². The lowest BCUT2D eigenvalue weighted by molar-refractivity contribution is -0.114. The molecule has 0 unspecified atom stereocenters. The molecule has 3 aromatic carbocycles. The molecule has 0 aliphatic heterocycles. The summed E-state index contributed by atoms with van der Waals surface area (Å²) >= 11 is 0. The van der Waals surface area contributed by atoms with Crippen LogP contribution in [-0.2, 0) is 4.79 Å². The Kier molecular flexibility index (Phi) is 6.63. The molecule has 3 aromatic rings. The van der Waals surface area contributed by atoms with Gasteiger partial charge in [-0.2, -0.15) is 0 Å². The standard InChI is InChI=1S/C23H25N3O2/c1-2-3-14-24-23(28)18-10-6-11-19(15-18)25-16-22(27)26-21-13-7-9-17-8-4-5-12-20(17)21/h4-13,15,25H,2-3,14,16H2,1H3,(H,24,28)(H,26,27). The maximum atomic E-state index is 12.4. The van der Waals surface area contributed by atoms with E-state index in [1.165, 1.54) is 0 Å². The summed E-state index contributed by atoms with van der Waals surface area (Å²) in [6, 6.07) is 20.9. The molecule has 0 aliphatic carbocycles. The summed E-state index contributed by atoms with van der Waals surface area (Å²) in [5.41, 5.74) is 2.10. The number of fused-ring (bicyclic) bond motifs is 1. The van der Waals surface area contributed by atoms with Gasteiger partial charge in [-0.3, -0.25) is 9.59 Å². The monoisotopic (exact) mass is 375 g/mol. The van der Waals surface area contributed by atoms with Gasteiger partial charge in [0.1, 0.15) is 0 Å². The van der Waals surface area contributed by atoms with Crippen LogP contribution in [0, 0.1) is 0 Å². The lowest BCUT2D eigenvalue weighted by Crippen LogP contribution is -2.25. The van der Waals surface area contributed by atoms with Crippen LogP contribution in [0.5, 0.6) is 0 Å². The molecule has 0 aliphatic rings. The second kappa shape index (κ2) is 9.55. The Bertz CT molecular complexity index is 963. The molecule has 0 radical (unpaired) electrons. The molecule has 0 spiro atoms. The topological polar surface area (TPSA) is 70.2 Å². The first kappa shape index (κ1) is 19.4. The predicted octanol–water partition coefficient (Wildman–Crippen LogP) is 4.42. The van der Waals surface area contributed by atoms with Gasteiger partial charge in [0.25, 0.3) is 5.91 Å². The Labute approximate surface area is 165 Å². The Morgan fingerprint density at radius 1 is 0.929 bits per heavy atom. The van der Waals surface area contributed by atoms with Gasteiger partial charge < -0.3 is 16.0 Å². The summed E-state index contributed by atoms with van der Waals surface area (Å²) in [4.78, 5) is 24.5. The van der Waals surface area contributed by atoms with Crippen LogP contribution in [0.2, 0.25) is 0 Å². The van der Waals surface area contributed by atoms with Gasteiger partial charge in [-0.15, -0.1) is 0 Å². The molecule has 5 nitrogen and oxygen atoms in total. The fourth-order valence-electron chi connectivity index (χ4n) is 2.96. The van der Waals surface area contributed by atoms with Crippen LogP contribution in [0.3, 0.4) is 0 Å². The van der Waals surface area contributed by atoms with Crippen molar-refractivity contribution >= 4 is 34.0 Å². The molecule has 0 atom stereocenters. The highest BCUT2D eigenvalue weighted by atomic mass is 16.2. The molecule has 0 fully saturated rings. The van der Waals surface area contributed by atoms with Crippen molar-refractivity contribution < 1.29 is 9.59 Å². The molecule has 0 heterocycles. The third kappa shape index (κ3) is 5.10. The first-order valence-electron chi connectivity index (χ1n) is 9.57.